The van der Waals surface area contributed by atoms with Crippen molar-refractivity contribution in [1.29, 1.82) is 0 Å². The summed E-state index contributed by atoms with van der Waals surface area (Å²) in [6.07, 6.45) is 1.66. The molecule has 92 valence electrons. The summed E-state index contributed by atoms with van der Waals surface area (Å²) in [5.74, 6) is -0.179. The predicted molar refractivity (Wildman–Crippen MR) is 69.8 cm³/mol. The number of aliphatic hydroxyl groups is 1. The number of hydrogen-bond acceptors (Lipinski definition) is 3. The van der Waals surface area contributed by atoms with E-state index >= 15 is 0 Å². The molecule has 5 heteroatoms. The van der Waals surface area contributed by atoms with Gasteiger partial charge in [0.05, 0.1) is 12.1 Å². The zero-order valence-electron chi connectivity index (χ0n) is 9.59. The van der Waals surface area contributed by atoms with E-state index in [1.165, 1.54) is 0 Å². The molecular formula is C12H15BrN2O2. The third kappa shape index (κ3) is 2.45. The second-order valence-electron chi connectivity index (χ2n) is 4.56. The fourth-order valence-corrected chi connectivity index (χ4v) is 2.19. The van der Waals surface area contributed by atoms with Crippen molar-refractivity contribution in [2.24, 2.45) is 0 Å². The highest BCUT2D eigenvalue weighted by atomic mass is 79.9. The minimum Gasteiger partial charge on any atom is -0.398 e. The Bertz CT molecular complexity index is 470. The number of carbonyl (C=O) groups excluding carboxylic acids is 1. The van der Waals surface area contributed by atoms with Crippen molar-refractivity contribution in [3.05, 3.63) is 27.7 Å². The lowest BCUT2D eigenvalue weighted by molar-refractivity contribution is 0.0906. The summed E-state index contributed by atoms with van der Waals surface area (Å²) >= 11 is 3.32. The predicted octanol–water partition coefficient (Wildman–Crippen LogP) is 1.59. The molecule has 1 amide bonds. The standard InChI is InChI=1S/C12H15BrN2O2/c1-7-9(4-8(13)5-10(7)14)11(17)15-12(6-16)2-3-12/h4-5,16H,2-3,6,14H2,1H3,(H,15,17). The first-order valence-corrected chi connectivity index (χ1v) is 6.26. The summed E-state index contributed by atoms with van der Waals surface area (Å²) in [6.45, 7) is 1.80. The van der Waals surface area contributed by atoms with Crippen LogP contribution in [-0.4, -0.2) is 23.2 Å². The summed E-state index contributed by atoms with van der Waals surface area (Å²) in [5.41, 5.74) is 7.31. The molecule has 0 aromatic heterocycles. The van der Waals surface area contributed by atoms with E-state index in [-0.39, 0.29) is 12.5 Å². The van der Waals surface area contributed by atoms with Crippen molar-refractivity contribution in [1.82, 2.24) is 5.32 Å². The normalized spacial score (nSPS) is 16.6. The number of rotatable bonds is 3. The van der Waals surface area contributed by atoms with E-state index in [2.05, 4.69) is 21.2 Å². The highest BCUT2D eigenvalue weighted by Gasteiger charge is 2.43. The molecular weight excluding hydrogens is 284 g/mol. The van der Waals surface area contributed by atoms with Gasteiger partial charge in [-0.15, -0.1) is 0 Å². The first-order chi connectivity index (χ1) is 7.97. The maximum atomic E-state index is 12.1. The lowest BCUT2D eigenvalue weighted by Crippen LogP contribution is -2.39. The molecule has 0 saturated heterocycles. The summed E-state index contributed by atoms with van der Waals surface area (Å²) < 4.78 is 0.777. The molecule has 1 fully saturated rings. The first-order valence-electron chi connectivity index (χ1n) is 5.46. The molecule has 0 aliphatic heterocycles. The minimum absolute atomic E-state index is 0.0126. The topological polar surface area (TPSA) is 75.4 Å². The van der Waals surface area contributed by atoms with Crippen LogP contribution in [0, 0.1) is 6.92 Å². The summed E-state index contributed by atoms with van der Waals surface area (Å²) in [6, 6.07) is 3.51. The Balaban J connectivity index is 2.25. The Morgan fingerprint density at radius 3 is 2.76 bits per heavy atom. The van der Waals surface area contributed by atoms with Gasteiger partial charge in [0.25, 0.3) is 5.91 Å². The number of aliphatic hydroxyl groups excluding tert-OH is 1. The maximum absolute atomic E-state index is 12.1. The van der Waals surface area contributed by atoms with Gasteiger partial charge in [0.15, 0.2) is 0 Å². The average Bonchev–Trinajstić information content (AvgIpc) is 3.03. The second-order valence-corrected chi connectivity index (χ2v) is 5.48. The van der Waals surface area contributed by atoms with Gasteiger partial charge >= 0.3 is 0 Å². The van der Waals surface area contributed by atoms with Gasteiger partial charge in [-0.25, -0.2) is 0 Å². The van der Waals surface area contributed by atoms with E-state index in [9.17, 15) is 9.90 Å². The molecule has 0 heterocycles. The van der Waals surface area contributed by atoms with Crippen molar-refractivity contribution in [2.45, 2.75) is 25.3 Å². The largest absolute Gasteiger partial charge is 0.398 e. The van der Waals surface area contributed by atoms with Crippen LogP contribution in [0.3, 0.4) is 0 Å². The molecule has 0 spiro atoms. The molecule has 0 radical (unpaired) electrons. The summed E-state index contributed by atoms with van der Waals surface area (Å²) in [5, 5.41) is 12.0. The fraction of sp³-hybridized carbons (Fsp3) is 0.417. The van der Waals surface area contributed by atoms with Crippen LogP contribution in [-0.2, 0) is 0 Å². The first kappa shape index (κ1) is 12.4. The van der Waals surface area contributed by atoms with E-state index in [0.29, 0.717) is 11.3 Å². The summed E-state index contributed by atoms with van der Waals surface area (Å²) in [4.78, 5) is 12.1. The number of benzene rings is 1. The number of nitrogen functional groups attached to an aromatic ring is 1. The van der Waals surface area contributed by atoms with Gasteiger partial charge in [-0.3, -0.25) is 4.79 Å². The number of nitrogens with one attached hydrogen (secondary N) is 1. The van der Waals surface area contributed by atoms with Crippen LogP contribution in [0.1, 0.15) is 28.8 Å². The molecule has 1 aliphatic rings. The smallest absolute Gasteiger partial charge is 0.252 e. The van der Waals surface area contributed by atoms with Crippen molar-refractivity contribution in [3.63, 3.8) is 0 Å². The highest BCUT2D eigenvalue weighted by Crippen LogP contribution is 2.35. The lowest BCUT2D eigenvalue weighted by Gasteiger charge is -2.16. The molecule has 1 aromatic rings. The Labute approximate surface area is 108 Å². The van der Waals surface area contributed by atoms with E-state index in [4.69, 9.17) is 5.73 Å². The third-order valence-electron chi connectivity index (χ3n) is 3.19. The van der Waals surface area contributed by atoms with Gasteiger partial charge in [-0.1, -0.05) is 15.9 Å². The van der Waals surface area contributed by atoms with Crippen molar-refractivity contribution < 1.29 is 9.90 Å². The maximum Gasteiger partial charge on any atom is 0.252 e. The molecule has 0 unspecified atom stereocenters. The zero-order valence-corrected chi connectivity index (χ0v) is 11.2. The van der Waals surface area contributed by atoms with Crippen molar-refractivity contribution >= 4 is 27.5 Å². The molecule has 4 nitrogen and oxygen atoms in total. The Morgan fingerprint density at radius 2 is 2.24 bits per heavy atom. The monoisotopic (exact) mass is 298 g/mol. The summed E-state index contributed by atoms with van der Waals surface area (Å²) in [7, 11) is 0. The molecule has 2 rings (SSSR count). The van der Waals surface area contributed by atoms with Crippen molar-refractivity contribution in [2.75, 3.05) is 12.3 Å². The number of hydrogen-bond donors (Lipinski definition) is 3. The third-order valence-corrected chi connectivity index (χ3v) is 3.65. The van der Waals surface area contributed by atoms with Crippen LogP contribution in [0.25, 0.3) is 0 Å². The number of amides is 1. The van der Waals surface area contributed by atoms with E-state index < -0.39 is 5.54 Å². The van der Waals surface area contributed by atoms with Crippen LogP contribution in [0.5, 0.6) is 0 Å². The van der Waals surface area contributed by atoms with Gasteiger partial charge < -0.3 is 16.2 Å². The molecule has 0 bridgehead atoms. The van der Waals surface area contributed by atoms with Gasteiger partial charge in [0.2, 0.25) is 0 Å². The Kier molecular flexibility index (Phi) is 3.14. The number of carbonyl (C=O) groups is 1. The molecule has 17 heavy (non-hydrogen) atoms. The lowest BCUT2D eigenvalue weighted by atomic mass is 10.1. The van der Waals surface area contributed by atoms with Gasteiger partial charge in [-0.05, 0) is 37.5 Å². The Morgan fingerprint density at radius 1 is 1.59 bits per heavy atom. The van der Waals surface area contributed by atoms with Gasteiger partial charge in [0.1, 0.15) is 0 Å². The molecule has 4 N–H and O–H groups in total. The number of halogens is 1. The Hall–Kier alpha value is -1.07. The number of anilines is 1. The van der Waals surface area contributed by atoms with Crippen LogP contribution < -0.4 is 11.1 Å². The molecule has 0 atom stereocenters. The number of nitrogens with two attached hydrogens (primary N) is 1. The van der Waals surface area contributed by atoms with E-state index in [1.54, 1.807) is 12.1 Å². The molecule has 1 aliphatic carbocycles. The SMILES string of the molecule is Cc1c(N)cc(Br)cc1C(=O)NC1(CO)CC1. The zero-order chi connectivity index (χ0) is 12.6. The molecule has 1 saturated carbocycles. The fourth-order valence-electron chi connectivity index (χ4n) is 1.72. The average molecular weight is 299 g/mol. The highest BCUT2D eigenvalue weighted by molar-refractivity contribution is 9.10. The van der Waals surface area contributed by atoms with Crippen LogP contribution in [0.15, 0.2) is 16.6 Å². The van der Waals surface area contributed by atoms with Gasteiger partial charge in [0, 0.05) is 15.7 Å². The van der Waals surface area contributed by atoms with Crippen molar-refractivity contribution in [3.8, 4) is 0 Å². The van der Waals surface area contributed by atoms with E-state index in [0.717, 1.165) is 22.9 Å². The van der Waals surface area contributed by atoms with Gasteiger partial charge in [-0.2, -0.15) is 0 Å². The van der Waals surface area contributed by atoms with Crippen LogP contribution >= 0.6 is 15.9 Å². The van der Waals surface area contributed by atoms with E-state index in [1.807, 2.05) is 6.92 Å². The second kappa shape index (κ2) is 4.31. The quantitative estimate of drug-likeness (QED) is 0.742. The minimum atomic E-state index is -0.402. The molecule has 1 aromatic carbocycles. The van der Waals surface area contributed by atoms with Crippen LogP contribution in [0.2, 0.25) is 0 Å². The van der Waals surface area contributed by atoms with Crippen LogP contribution in [0.4, 0.5) is 5.69 Å².